The van der Waals surface area contributed by atoms with Crippen molar-refractivity contribution in [1.29, 1.82) is 0 Å². The van der Waals surface area contributed by atoms with E-state index in [2.05, 4.69) is 0 Å². The molecular weight excluding hydrogens is 359 g/mol. The molecule has 1 amide bonds. The van der Waals surface area contributed by atoms with E-state index in [1.807, 2.05) is 0 Å². The summed E-state index contributed by atoms with van der Waals surface area (Å²) in [6.07, 6.45) is 2.55. The van der Waals surface area contributed by atoms with Gasteiger partial charge in [-0.15, -0.1) is 0 Å². The number of hydrogen-bond acceptors (Lipinski definition) is 3. The lowest BCUT2D eigenvalue weighted by Crippen LogP contribution is -2.60. The molecule has 1 aromatic rings. The summed E-state index contributed by atoms with van der Waals surface area (Å²) in [7, 11) is -2.17. The monoisotopic (exact) mass is 376 g/mol. The zero-order chi connectivity index (χ0) is 16.8. The van der Waals surface area contributed by atoms with E-state index >= 15 is 0 Å². The number of carbonyl (C=O) groups excluding carboxylic acids is 1. The lowest BCUT2D eigenvalue weighted by molar-refractivity contribution is -0.142. The third-order valence-electron chi connectivity index (χ3n) is 4.72. The van der Waals surface area contributed by atoms with E-state index < -0.39 is 15.6 Å². The van der Waals surface area contributed by atoms with Crippen LogP contribution in [0.3, 0.4) is 0 Å². The molecular formula is C15H18Cl2N2O3S. The van der Waals surface area contributed by atoms with Gasteiger partial charge in [-0.2, -0.15) is 4.31 Å². The van der Waals surface area contributed by atoms with E-state index in [0.29, 0.717) is 37.4 Å². The number of benzene rings is 1. The van der Waals surface area contributed by atoms with Crippen molar-refractivity contribution in [2.45, 2.75) is 36.1 Å². The normalized spacial score (nSPS) is 26.2. The fourth-order valence-corrected chi connectivity index (χ4v) is 6.20. The molecule has 2 aliphatic rings. The Morgan fingerprint density at radius 1 is 1.13 bits per heavy atom. The molecule has 2 fully saturated rings. The van der Waals surface area contributed by atoms with Crippen molar-refractivity contribution in [3.63, 3.8) is 0 Å². The Balaban J connectivity index is 2.09. The van der Waals surface area contributed by atoms with Crippen LogP contribution in [-0.4, -0.2) is 49.2 Å². The number of likely N-dealkylation sites (tertiary alicyclic amines) is 1. The Hall–Kier alpha value is -0.820. The van der Waals surface area contributed by atoms with Gasteiger partial charge in [-0.1, -0.05) is 23.2 Å². The SMILES string of the molecule is CN1CCCC2(CCCN2S(=O)(=O)c2cc(Cl)ccc2Cl)C1=O. The van der Waals surface area contributed by atoms with Gasteiger partial charge < -0.3 is 4.90 Å². The third kappa shape index (κ3) is 2.65. The van der Waals surface area contributed by atoms with E-state index in [1.165, 1.54) is 16.4 Å². The second kappa shape index (κ2) is 5.92. The molecule has 0 aliphatic carbocycles. The summed E-state index contributed by atoms with van der Waals surface area (Å²) in [5.74, 6) is -0.122. The molecule has 1 spiro atoms. The third-order valence-corrected chi connectivity index (χ3v) is 7.40. The van der Waals surface area contributed by atoms with Gasteiger partial charge in [-0.25, -0.2) is 8.42 Å². The van der Waals surface area contributed by atoms with Gasteiger partial charge in [0.15, 0.2) is 0 Å². The second-order valence-electron chi connectivity index (χ2n) is 6.12. The van der Waals surface area contributed by atoms with Gasteiger partial charge in [-0.3, -0.25) is 4.79 Å². The number of likely N-dealkylation sites (N-methyl/N-ethyl adjacent to an activating group) is 1. The number of sulfonamides is 1. The topological polar surface area (TPSA) is 57.7 Å². The van der Waals surface area contributed by atoms with Crippen LogP contribution in [0.1, 0.15) is 25.7 Å². The van der Waals surface area contributed by atoms with Gasteiger partial charge >= 0.3 is 0 Å². The highest BCUT2D eigenvalue weighted by molar-refractivity contribution is 7.89. The number of amides is 1. The van der Waals surface area contributed by atoms with Crippen molar-refractivity contribution < 1.29 is 13.2 Å². The zero-order valence-corrected chi connectivity index (χ0v) is 15.1. The smallest absolute Gasteiger partial charge is 0.245 e. The van der Waals surface area contributed by atoms with Crippen LogP contribution in [0.4, 0.5) is 0 Å². The van der Waals surface area contributed by atoms with Crippen LogP contribution in [-0.2, 0) is 14.8 Å². The summed E-state index contributed by atoms with van der Waals surface area (Å²) >= 11 is 12.0. The molecule has 2 aliphatic heterocycles. The van der Waals surface area contributed by atoms with Gasteiger partial charge in [0.1, 0.15) is 10.4 Å². The minimum atomic E-state index is -3.89. The maximum absolute atomic E-state index is 13.1. The van der Waals surface area contributed by atoms with Gasteiger partial charge in [0.05, 0.1) is 5.02 Å². The Kier molecular flexibility index (Phi) is 4.38. The number of halogens is 2. The highest BCUT2D eigenvalue weighted by atomic mass is 35.5. The first-order valence-corrected chi connectivity index (χ1v) is 9.72. The minimum Gasteiger partial charge on any atom is -0.344 e. The largest absolute Gasteiger partial charge is 0.344 e. The molecule has 0 bridgehead atoms. The minimum absolute atomic E-state index is 0.0334. The molecule has 0 N–H and O–H groups in total. The quantitative estimate of drug-likeness (QED) is 0.797. The van der Waals surface area contributed by atoms with Crippen molar-refractivity contribution in [3.05, 3.63) is 28.2 Å². The first-order valence-electron chi connectivity index (χ1n) is 7.52. The maximum Gasteiger partial charge on any atom is 0.245 e. The number of piperidine rings is 1. The summed E-state index contributed by atoms with van der Waals surface area (Å²) in [5, 5.41) is 0.418. The number of hydrogen-bond donors (Lipinski definition) is 0. The van der Waals surface area contributed by atoms with Crippen LogP contribution in [0, 0.1) is 0 Å². The lowest BCUT2D eigenvalue weighted by Gasteiger charge is -2.42. The van der Waals surface area contributed by atoms with Crippen molar-refractivity contribution >= 4 is 39.1 Å². The Bertz CT molecular complexity index is 753. The molecule has 126 valence electrons. The van der Waals surface area contributed by atoms with Crippen LogP contribution in [0.25, 0.3) is 0 Å². The van der Waals surface area contributed by atoms with Crippen molar-refractivity contribution in [1.82, 2.24) is 9.21 Å². The van der Waals surface area contributed by atoms with Crippen molar-refractivity contribution in [2.24, 2.45) is 0 Å². The first kappa shape index (κ1) is 17.0. The molecule has 2 saturated heterocycles. The highest BCUT2D eigenvalue weighted by Crippen LogP contribution is 2.42. The highest BCUT2D eigenvalue weighted by Gasteiger charge is 2.55. The molecule has 3 rings (SSSR count). The van der Waals surface area contributed by atoms with Crippen LogP contribution in [0.5, 0.6) is 0 Å². The zero-order valence-electron chi connectivity index (χ0n) is 12.8. The summed E-state index contributed by atoms with van der Waals surface area (Å²) in [4.78, 5) is 14.3. The van der Waals surface area contributed by atoms with E-state index in [9.17, 15) is 13.2 Å². The molecule has 23 heavy (non-hydrogen) atoms. The van der Waals surface area contributed by atoms with E-state index in [0.717, 1.165) is 6.42 Å². The molecule has 0 saturated carbocycles. The predicted octanol–water partition coefficient (Wildman–Crippen LogP) is 2.77. The van der Waals surface area contributed by atoms with Crippen LogP contribution >= 0.6 is 23.2 Å². The van der Waals surface area contributed by atoms with Crippen LogP contribution in [0.2, 0.25) is 10.0 Å². The van der Waals surface area contributed by atoms with Gasteiger partial charge in [0, 0.05) is 25.2 Å². The van der Waals surface area contributed by atoms with Gasteiger partial charge in [-0.05, 0) is 43.9 Å². The Morgan fingerprint density at radius 3 is 2.48 bits per heavy atom. The molecule has 0 radical (unpaired) electrons. The van der Waals surface area contributed by atoms with Crippen molar-refractivity contribution in [3.8, 4) is 0 Å². The van der Waals surface area contributed by atoms with Crippen LogP contribution in [0.15, 0.2) is 23.1 Å². The number of carbonyl (C=O) groups is 1. The van der Waals surface area contributed by atoms with Crippen LogP contribution < -0.4 is 0 Å². The van der Waals surface area contributed by atoms with Crippen molar-refractivity contribution in [2.75, 3.05) is 20.1 Å². The standard InChI is InChI=1S/C15H18Cl2N2O3S/c1-18-8-2-6-15(14(18)20)7-3-9-19(15)23(21,22)13-10-11(16)4-5-12(13)17/h4-5,10H,2-3,6-9H2,1H3. The fraction of sp³-hybridized carbons (Fsp3) is 0.533. The first-order chi connectivity index (χ1) is 10.8. The Morgan fingerprint density at radius 2 is 1.78 bits per heavy atom. The Labute approximate surface area is 146 Å². The molecule has 2 heterocycles. The molecule has 1 unspecified atom stereocenters. The molecule has 1 aromatic carbocycles. The van der Waals surface area contributed by atoms with E-state index in [-0.39, 0.29) is 15.8 Å². The fourth-order valence-electron chi connectivity index (χ4n) is 3.63. The second-order valence-corrected chi connectivity index (χ2v) is 8.79. The molecule has 5 nitrogen and oxygen atoms in total. The maximum atomic E-state index is 13.1. The summed E-state index contributed by atoms with van der Waals surface area (Å²) in [5.41, 5.74) is -0.975. The lowest BCUT2D eigenvalue weighted by atomic mass is 9.87. The molecule has 8 heteroatoms. The number of rotatable bonds is 2. The molecule has 0 aromatic heterocycles. The van der Waals surface area contributed by atoms with Gasteiger partial charge in [0.2, 0.25) is 15.9 Å². The predicted molar refractivity (Wildman–Crippen MR) is 89.2 cm³/mol. The molecule has 1 atom stereocenters. The summed E-state index contributed by atoms with van der Waals surface area (Å²) in [6, 6.07) is 4.36. The van der Waals surface area contributed by atoms with Gasteiger partial charge in [0.25, 0.3) is 0 Å². The summed E-state index contributed by atoms with van der Waals surface area (Å²) < 4.78 is 27.6. The van der Waals surface area contributed by atoms with E-state index in [1.54, 1.807) is 18.0 Å². The van der Waals surface area contributed by atoms with E-state index in [4.69, 9.17) is 23.2 Å². The summed E-state index contributed by atoms with van der Waals surface area (Å²) in [6.45, 7) is 0.983. The average molecular weight is 377 g/mol. The number of nitrogens with zero attached hydrogens (tertiary/aromatic N) is 2. The average Bonchev–Trinajstić information content (AvgIpc) is 2.92.